The van der Waals surface area contributed by atoms with Crippen molar-refractivity contribution in [3.05, 3.63) is 102 Å². The number of nitrogens with zero attached hydrogens (tertiary/aromatic N) is 6. The quantitative estimate of drug-likeness (QED) is 0.134. The van der Waals surface area contributed by atoms with Gasteiger partial charge in [0, 0.05) is 38.6 Å². The number of carbonyl (C=O) groups excluding carboxylic acids is 6. The van der Waals surface area contributed by atoms with E-state index < -0.39 is 42.6 Å². The first-order valence-corrected chi connectivity index (χ1v) is 20.9. The number of nitrogens with one attached hydrogen (secondary N) is 3. The predicted molar refractivity (Wildman–Crippen MR) is 219 cm³/mol. The van der Waals surface area contributed by atoms with Crippen LogP contribution in [0.25, 0.3) is 19.7 Å². The minimum atomic E-state index is -1.05. The molecule has 0 aliphatic carbocycles. The number of thiazole rings is 2. The van der Waals surface area contributed by atoms with Crippen LogP contribution in [0.15, 0.2) is 85.5 Å². The van der Waals surface area contributed by atoms with E-state index in [9.17, 15) is 33.9 Å². The monoisotopic (exact) mass is 835 g/mol. The van der Waals surface area contributed by atoms with Crippen molar-refractivity contribution in [3.63, 3.8) is 0 Å². The largest absolute Gasteiger partial charge is 0.387 e. The Labute approximate surface area is 345 Å². The van der Waals surface area contributed by atoms with Crippen LogP contribution in [0.2, 0.25) is 0 Å². The highest BCUT2D eigenvalue weighted by Gasteiger charge is 2.40. The van der Waals surface area contributed by atoms with E-state index in [0.29, 0.717) is 71.3 Å². The average molecular weight is 836 g/mol. The minimum Gasteiger partial charge on any atom is -0.387 e. The summed E-state index contributed by atoms with van der Waals surface area (Å²) in [7, 11) is 0. The highest BCUT2D eigenvalue weighted by atomic mass is 32.1. The molecule has 4 atom stereocenters. The summed E-state index contributed by atoms with van der Waals surface area (Å²) < 4.78 is 3.70. The van der Waals surface area contributed by atoms with Crippen LogP contribution in [0.3, 0.4) is 0 Å². The molecule has 16 nitrogen and oxygen atoms in total. The number of hydrogen-bond donors (Lipinski definition) is 4. The van der Waals surface area contributed by atoms with Gasteiger partial charge >= 0.3 is 0 Å². The lowest BCUT2D eigenvalue weighted by Crippen LogP contribution is -2.49. The highest BCUT2D eigenvalue weighted by Crippen LogP contribution is 2.35. The van der Waals surface area contributed by atoms with Gasteiger partial charge in [0.2, 0.25) is 29.5 Å². The van der Waals surface area contributed by atoms with E-state index in [2.05, 4.69) is 20.9 Å². The number of ketones is 1. The van der Waals surface area contributed by atoms with Crippen LogP contribution < -0.4 is 16.0 Å². The molecule has 2 fully saturated rings. The zero-order valence-electron chi connectivity index (χ0n) is 31.9. The number of benzene rings is 2. The van der Waals surface area contributed by atoms with Crippen LogP contribution in [0.5, 0.6) is 0 Å². The van der Waals surface area contributed by atoms with Gasteiger partial charge in [-0.1, -0.05) is 83.3 Å². The van der Waals surface area contributed by atoms with Gasteiger partial charge in [-0.05, 0) is 36.8 Å². The second-order valence-corrected chi connectivity index (χ2v) is 16.6. The lowest BCUT2D eigenvalue weighted by Gasteiger charge is -2.28. The highest BCUT2D eigenvalue weighted by molar-refractivity contribution is 7.26. The number of fused-ring (bicyclic) bond motifs is 2. The Hall–Kier alpha value is -6.24. The van der Waals surface area contributed by atoms with Crippen molar-refractivity contribution >= 4 is 73.7 Å². The molecule has 0 radical (unpaired) electrons. The predicted octanol–water partition coefficient (Wildman–Crippen LogP) is 3.53. The molecule has 5 amide bonds. The number of rotatable bonds is 13. The lowest BCUT2D eigenvalue weighted by molar-refractivity contribution is -0.140. The van der Waals surface area contributed by atoms with E-state index in [1.54, 1.807) is 53.6 Å². The molecule has 59 heavy (non-hydrogen) atoms. The molecule has 0 spiro atoms. The zero-order chi connectivity index (χ0) is 41.2. The van der Waals surface area contributed by atoms with Crippen molar-refractivity contribution in [2.24, 2.45) is 0 Å². The molecule has 2 aliphatic rings. The number of anilines is 1. The van der Waals surface area contributed by atoms with Crippen LogP contribution in [0.4, 0.5) is 5.82 Å². The average Bonchev–Trinajstić information content (AvgIpc) is 4.09. The fraction of sp³-hybridized carbons (Fsp3) is 0.317. The van der Waals surface area contributed by atoms with E-state index >= 15 is 0 Å². The van der Waals surface area contributed by atoms with E-state index in [-0.39, 0.29) is 29.9 Å². The lowest BCUT2D eigenvalue weighted by atomic mass is 10.0. The van der Waals surface area contributed by atoms with Crippen molar-refractivity contribution in [1.82, 2.24) is 39.2 Å². The van der Waals surface area contributed by atoms with Gasteiger partial charge in [0.1, 0.15) is 24.7 Å². The van der Waals surface area contributed by atoms with Gasteiger partial charge in [0.05, 0.1) is 34.1 Å². The number of aliphatic hydroxyl groups excluding tert-OH is 1. The van der Waals surface area contributed by atoms with E-state index in [1.165, 1.54) is 34.5 Å². The van der Waals surface area contributed by atoms with Crippen LogP contribution in [-0.4, -0.2) is 101 Å². The molecular weight excluding hydrogens is 795 g/mol. The molecule has 6 heterocycles. The van der Waals surface area contributed by atoms with Crippen molar-refractivity contribution in [2.45, 2.75) is 63.2 Å². The molecule has 2 aromatic carbocycles. The van der Waals surface area contributed by atoms with Gasteiger partial charge in [-0.2, -0.15) is 0 Å². The van der Waals surface area contributed by atoms with E-state index in [4.69, 9.17) is 4.98 Å². The Balaban J connectivity index is 0.905. The van der Waals surface area contributed by atoms with Gasteiger partial charge in [0.25, 0.3) is 0 Å². The van der Waals surface area contributed by atoms with Crippen molar-refractivity contribution in [2.75, 3.05) is 25.0 Å². The third-order valence-electron chi connectivity index (χ3n) is 10.5. The maximum absolute atomic E-state index is 13.7. The number of likely N-dealkylation sites (tertiary alicyclic amines) is 2. The Morgan fingerprint density at radius 3 is 1.83 bits per heavy atom. The maximum atomic E-state index is 13.7. The Morgan fingerprint density at radius 2 is 1.27 bits per heavy atom. The van der Waals surface area contributed by atoms with Gasteiger partial charge < -0.3 is 30.9 Å². The number of Topliss-reactive ketones (excluding diaryl/α,β-unsaturated/α-hetero) is 1. The topological polar surface area (TPSA) is 200 Å². The molecule has 2 aliphatic heterocycles. The second kappa shape index (κ2) is 16.9. The van der Waals surface area contributed by atoms with Crippen LogP contribution >= 0.6 is 22.7 Å². The molecule has 8 rings (SSSR count). The molecular formula is C41H41N9O7S2. The maximum Gasteiger partial charge on any atom is 0.250 e. The summed E-state index contributed by atoms with van der Waals surface area (Å²) in [4.78, 5) is 94.3. The Morgan fingerprint density at radius 1 is 0.729 bits per heavy atom. The molecule has 2 saturated heterocycles. The summed E-state index contributed by atoms with van der Waals surface area (Å²) in [5.74, 6) is -1.91. The van der Waals surface area contributed by atoms with E-state index in [0.717, 1.165) is 9.75 Å². The van der Waals surface area contributed by atoms with Crippen LogP contribution in [-0.2, 0) is 35.2 Å². The first-order valence-electron chi connectivity index (χ1n) is 19.2. The zero-order valence-corrected chi connectivity index (χ0v) is 33.6. The second-order valence-electron chi connectivity index (χ2n) is 14.6. The first kappa shape index (κ1) is 39.6. The standard InChI is InChI=1S/C41H41N9O7S2/c1-24(52)42-35(25-10-4-2-5-11-25)38(56)49-16-8-14-28(49)30(53)18-27-19-47-20-31(58-40(47)43-27)32-21-48-22-33(45-41(48)59-32)44-37(55)29-15-9-17-50(29)39(57)36(46-34(54)23-51)26-12-6-3-7-13-26/h2-7,10-13,19-22,28-29,35-36,51H,8-9,14-18,23H2,1H3,(H,42,52)(H,44,55)(H,46,54)/t28-,29-,35+,36+/m0/s1. The Bertz CT molecular complexity index is 2480. The van der Waals surface area contributed by atoms with Gasteiger partial charge in [-0.15, -0.1) is 0 Å². The number of imidazole rings is 2. The summed E-state index contributed by atoms with van der Waals surface area (Å²) >= 11 is 2.89. The fourth-order valence-corrected chi connectivity index (χ4v) is 9.81. The van der Waals surface area contributed by atoms with Crippen molar-refractivity contribution in [3.8, 4) is 9.75 Å². The summed E-state index contributed by atoms with van der Waals surface area (Å²) in [6.07, 6.45) is 9.74. The van der Waals surface area contributed by atoms with Gasteiger partial charge in [0.15, 0.2) is 21.5 Å². The molecule has 18 heteroatoms. The minimum absolute atomic E-state index is 0.0658. The van der Waals surface area contributed by atoms with Crippen LogP contribution in [0, 0.1) is 0 Å². The molecule has 4 aromatic heterocycles. The SMILES string of the molecule is CC(=O)N[C@@H](C(=O)N1CCC[C@H]1C(=O)Cc1cn2cc(-c3cn4cc(NC(=O)[C@@H]5CCCN5C(=O)[C@H](NC(=O)CO)c5ccccc5)nc4s3)sc2n1)c1ccccc1. The number of carbonyl (C=O) groups is 6. The Kier molecular flexibility index (Phi) is 11.4. The van der Waals surface area contributed by atoms with Crippen molar-refractivity contribution in [1.29, 1.82) is 0 Å². The summed E-state index contributed by atoms with van der Waals surface area (Å²) in [6.45, 7) is 1.37. The van der Waals surface area contributed by atoms with Gasteiger partial charge in [-0.25, -0.2) is 9.97 Å². The van der Waals surface area contributed by atoms with Gasteiger partial charge in [-0.3, -0.25) is 37.6 Å². The summed E-state index contributed by atoms with van der Waals surface area (Å²) in [6, 6.07) is 14.4. The smallest absolute Gasteiger partial charge is 0.250 e. The molecule has 0 unspecified atom stereocenters. The summed E-state index contributed by atoms with van der Waals surface area (Å²) in [5.41, 5.74) is 1.80. The van der Waals surface area contributed by atoms with E-state index in [1.807, 2.05) is 45.6 Å². The number of aliphatic hydroxyl groups is 1. The third kappa shape index (κ3) is 8.37. The molecule has 0 bridgehead atoms. The summed E-state index contributed by atoms with van der Waals surface area (Å²) in [5, 5.41) is 17.5. The number of aromatic nitrogens is 4. The molecule has 0 saturated carbocycles. The number of amides is 5. The third-order valence-corrected chi connectivity index (χ3v) is 12.7. The van der Waals surface area contributed by atoms with Crippen LogP contribution in [0.1, 0.15) is 61.5 Å². The molecule has 6 aromatic rings. The normalized spacial score (nSPS) is 17.6. The van der Waals surface area contributed by atoms with Crippen molar-refractivity contribution < 1.29 is 33.9 Å². The fourth-order valence-electron chi connectivity index (χ4n) is 7.80. The molecule has 304 valence electrons. The molecule has 4 N–H and O–H groups in total. The first-order chi connectivity index (χ1) is 28.6. The number of hydrogen-bond acceptors (Lipinski definition) is 11.